The lowest BCUT2D eigenvalue weighted by Crippen LogP contribution is -2.57. The number of hydrogen-bond donors (Lipinski definition) is 0. The van der Waals surface area contributed by atoms with Gasteiger partial charge >= 0.3 is 5.97 Å². The molecule has 4 aliphatic carbocycles. The zero-order valence-electron chi connectivity index (χ0n) is 22.5. The Kier molecular flexibility index (Phi) is 7.12. The third-order valence-corrected chi connectivity index (χ3v) is 11.8. The van der Waals surface area contributed by atoms with Gasteiger partial charge in [-0.3, -0.25) is 9.59 Å². The largest absolute Gasteiger partial charge is 0.463 e. The van der Waals surface area contributed by atoms with Crippen LogP contribution in [0.15, 0.2) is 0 Å². The quantitative estimate of drug-likeness (QED) is 0.388. The van der Waals surface area contributed by atoms with Crippen molar-refractivity contribution in [2.24, 2.45) is 58.2 Å². The fourth-order valence-electron chi connectivity index (χ4n) is 9.27. The van der Waals surface area contributed by atoms with E-state index in [0.29, 0.717) is 41.3 Å². The summed E-state index contributed by atoms with van der Waals surface area (Å²) in [5.41, 5.74) is 0.146. The van der Waals surface area contributed by atoms with E-state index in [9.17, 15) is 9.59 Å². The third kappa shape index (κ3) is 4.33. The minimum Gasteiger partial charge on any atom is -0.463 e. The molecule has 188 valence electrons. The van der Waals surface area contributed by atoms with Crippen LogP contribution in [0.1, 0.15) is 113 Å². The molecule has 3 nitrogen and oxygen atoms in total. The Morgan fingerprint density at radius 1 is 1.00 bits per heavy atom. The van der Waals surface area contributed by atoms with Crippen LogP contribution >= 0.6 is 0 Å². The molecule has 1 unspecified atom stereocenters. The Morgan fingerprint density at radius 3 is 2.39 bits per heavy atom. The molecular formula is C30H50O3. The molecule has 0 aromatic carbocycles. The number of fused-ring (bicyclic) bond motifs is 5. The van der Waals surface area contributed by atoms with Crippen LogP contribution in [-0.2, 0) is 14.3 Å². The lowest BCUT2D eigenvalue weighted by Gasteiger charge is -2.60. The minimum atomic E-state index is -0.144. The van der Waals surface area contributed by atoms with Gasteiger partial charge in [0.05, 0.1) is 0 Å². The zero-order chi connectivity index (χ0) is 24.1. The van der Waals surface area contributed by atoms with Gasteiger partial charge in [0, 0.05) is 18.8 Å². The van der Waals surface area contributed by atoms with Crippen molar-refractivity contribution in [1.82, 2.24) is 0 Å². The Labute approximate surface area is 203 Å². The number of Topliss-reactive ketones (excluding diaryl/α,β-unsaturated/α-hetero) is 1. The van der Waals surface area contributed by atoms with E-state index in [-0.39, 0.29) is 22.9 Å². The Bertz CT molecular complexity index is 743. The predicted octanol–water partition coefficient (Wildman–Crippen LogP) is 7.46. The third-order valence-electron chi connectivity index (χ3n) is 11.8. The molecule has 4 aliphatic rings. The van der Waals surface area contributed by atoms with Crippen molar-refractivity contribution in [3.8, 4) is 0 Å². The van der Waals surface area contributed by atoms with Crippen LogP contribution in [0.25, 0.3) is 0 Å². The summed E-state index contributed by atoms with van der Waals surface area (Å²) >= 11 is 0. The van der Waals surface area contributed by atoms with Crippen molar-refractivity contribution in [3.63, 3.8) is 0 Å². The van der Waals surface area contributed by atoms with Crippen LogP contribution in [0.4, 0.5) is 0 Å². The summed E-state index contributed by atoms with van der Waals surface area (Å²) in [6.07, 6.45) is 11.6. The number of esters is 1. The highest BCUT2D eigenvalue weighted by atomic mass is 16.5. The highest BCUT2D eigenvalue weighted by molar-refractivity contribution is 5.87. The van der Waals surface area contributed by atoms with Crippen LogP contribution < -0.4 is 0 Å². The van der Waals surface area contributed by atoms with Crippen LogP contribution in [-0.4, -0.2) is 17.9 Å². The SMILES string of the molecule is CC(=O)O[C@H]1CC[C@@]2(C)C(CC[C@H]3[C@@H]4CC[C@H]([C@H](C)CC[C@@H](C)C(C)C)[C@@]4(C)C(=O)C[C@@H]32)C1. The van der Waals surface area contributed by atoms with E-state index >= 15 is 0 Å². The summed E-state index contributed by atoms with van der Waals surface area (Å²) in [4.78, 5) is 25.5. The Morgan fingerprint density at radius 2 is 1.73 bits per heavy atom. The molecule has 0 aromatic heterocycles. The average molecular weight is 459 g/mol. The lowest BCUT2D eigenvalue weighted by atomic mass is 9.44. The molecule has 0 N–H and O–H groups in total. The van der Waals surface area contributed by atoms with Gasteiger partial charge in [0.1, 0.15) is 11.9 Å². The van der Waals surface area contributed by atoms with Crippen molar-refractivity contribution >= 4 is 11.8 Å². The number of hydrogen-bond acceptors (Lipinski definition) is 3. The zero-order valence-corrected chi connectivity index (χ0v) is 22.5. The first kappa shape index (κ1) is 25.2. The molecule has 0 saturated heterocycles. The van der Waals surface area contributed by atoms with Gasteiger partial charge in [0.25, 0.3) is 0 Å². The van der Waals surface area contributed by atoms with Crippen molar-refractivity contribution in [2.75, 3.05) is 0 Å². The maximum absolute atomic E-state index is 14.0. The predicted molar refractivity (Wildman–Crippen MR) is 134 cm³/mol. The second kappa shape index (κ2) is 9.30. The summed E-state index contributed by atoms with van der Waals surface area (Å²) in [6, 6.07) is 0. The molecule has 0 bridgehead atoms. The summed E-state index contributed by atoms with van der Waals surface area (Å²) in [7, 11) is 0. The molecule has 3 heteroatoms. The monoisotopic (exact) mass is 458 g/mol. The van der Waals surface area contributed by atoms with Gasteiger partial charge < -0.3 is 4.74 Å². The van der Waals surface area contributed by atoms with E-state index in [1.54, 1.807) is 0 Å². The topological polar surface area (TPSA) is 43.4 Å². The van der Waals surface area contributed by atoms with Gasteiger partial charge in [0.15, 0.2) is 0 Å². The van der Waals surface area contributed by atoms with Crippen LogP contribution in [0.3, 0.4) is 0 Å². The first-order chi connectivity index (χ1) is 15.5. The van der Waals surface area contributed by atoms with Crippen LogP contribution in [0.5, 0.6) is 0 Å². The molecular weight excluding hydrogens is 408 g/mol. The molecule has 0 aliphatic heterocycles. The maximum Gasteiger partial charge on any atom is 0.302 e. The van der Waals surface area contributed by atoms with E-state index in [4.69, 9.17) is 4.74 Å². The second-order valence-corrected chi connectivity index (χ2v) is 13.5. The van der Waals surface area contributed by atoms with E-state index < -0.39 is 0 Å². The van der Waals surface area contributed by atoms with E-state index in [1.165, 1.54) is 45.4 Å². The van der Waals surface area contributed by atoms with Gasteiger partial charge in [0.2, 0.25) is 0 Å². The normalized spacial score (nSPS) is 44.5. The van der Waals surface area contributed by atoms with Gasteiger partial charge in [-0.25, -0.2) is 0 Å². The van der Waals surface area contributed by atoms with E-state index in [0.717, 1.165) is 37.5 Å². The first-order valence-corrected chi connectivity index (χ1v) is 14.2. The average Bonchev–Trinajstić information content (AvgIpc) is 3.11. The smallest absolute Gasteiger partial charge is 0.302 e. The Balaban J connectivity index is 1.49. The number of ether oxygens (including phenoxy) is 1. The van der Waals surface area contributed by atoms with Crippen molar-refractivity contribution in [2.45, 2.75) is 119 Å². The molecule has 0 radical (unpaired) electrons. The molecule has 0 spiro atoms. The second-order valence-electron chi connectivity index (χ2n) is 13.5. The molecule has 0 aromatic rings. The minimum absolute atomic E-state index is 0.0895. The standard InChI is InChI=1S/C30H50O3/c1-18(2)19(3)8-9-20(4)25-12-13-26-24-11-10-22-16-23(33-21(5)31)14-15-29(22,6)27(24)17-28(32)30(25,26)7/h18-20,22-27H,8-17H2,1-7H3/t19-,20-,22?,23+,24+,25-,26+,27+,29+,30-/m1/s1. The number of rotatable bonds is 6. The molecule has 4 fully saturated rings. The molecule has 0 heterocycles. The fraction of sp³-hybridized carbons (Fsp3) is 0.933. The van der Waals surface area contributed by atoms with E-state index in [2.05, 4.69) is 41.5 Å². The van der Waals surface area contributed by atoms with Crippen molar-refractivity contribution < 1.29 is 14.3 Å². The molecule has 4 rings (SSSR count). The number of carbonyl (C=O) groups excluding carboxylic acids is 2. The molecule has 4 saturated carbocycles. The summed E-state index contributed by atoms with van der Waals surface area (Å²) < 4.78 is 5.62. The highest BCUT2D eigenvalue weighted by Crippen LogP contribution is 2.67. The van der Waals surface area contributed by atoms with Crippen molar-refractivity contribution in [3.05, 3.63) is 0 Å². The first-order valence-electron chi connectivity index (χ1n) is 14.2. The lowest BCUT2D eigenvalue weighted by molar-refractivity contribution is -0.167. The van der Waals surface area contributed by atoms with Gasteiger partial charge in [-0.1, -0.05) is 54.4 Å². The van der Waals surface area contributed by atoms with Gasteiger partial charge in [-0.05, 0) is 97.7 Å². The number of carbonyl (C=O) groups is 2. The number of ketones is 1. The molecule has 10 atom stereocenters. The molecule has 33 heavy (non-hydrogen) atoms. The summed E-state index contributed by atoms with van der Waals surface area (Å²) in [5.74, 6) is 5.60. The van der Waals surface area contributed by atoms with E-state index in [1.807, 2.05) is 0 Å². The Hall–Kier alpha value is -0.860. The maximum atomic E-state index is 14.0. The molecule has 0 amide bonds. The fourth-order valence-corrected chi connectivity index (χ4v) is 9.27. The summed E-state index contributed by atoms with van der Waals surface area (Å²) in [5, 5.41) is 0. The summed E-state index contributed by atoms with van der Waals surface area (Å²) in [6.45, 7) is 15.9. The highest BCUT2D eigenvalue weighted by Gasteiger charge is 2.64. The van der Waals surface area contributed by atoms with Crippen LogP contribution in [0.2, 0.25) is 0 Å². The van der Waals surface area contributed by atoms with Crippen LogP contribution in [0, 0.1) is 58.2 Å². The van der Waals surface area contributed by atoms with Gasteiger partial charge in [-0.2, -0.15) is 0 Å². The van der Waals surface area contributed by atoms with Gasteiger partial charge in [-0.15, -0.1) is 0 Å². The van der Waals surface area contributed by atoms with Crippen molar-refractivity contribution in [1.29, 1.82) is 0 Å².